The third-order valence-corrected chi connectivity index (χ3v) is 6.11. The molecule has 2 aromatic rings. The number of anilines is 2. The minimum Gasteiger partial charge on any atom is -0.354 e. The Hall–Kier alpha value is -2.86. The lowest BCUT2D eigenvalue weighted by Gasteiger charge is -2.38. The Labute approximate surface area is 185 Å². The van der Waals surface area contributed by atoms with Crippen molar-refractivity contribution in [2.75, 3.05) is 42.9 Å². The summed E-state index contributed by atoms with van der Waals surface area (Å²) in [5.41, 5.74) is 3.32. The van der Waals surface area contributed by atoms with E-state index in [2.05, 4.69) is 56.9 Å². The third-order valence-electron chi connectivity index (χ3n) is 6.11. The molecule has 0 radical (unpaired) electrons. The summed E-state index contributed by atoms with van der Waals surface area (Å²) in [5, 5.41) is 6.56. The van der Waals surface area contributed by atoms with Gasteiger partial charge in [-0.05, 0) is 43.0 Å². The van der Waals surface area contributed by atoms with Crippen LogP contribution in [0.1, 0.15) is 31.7 Å². The van der Waals surface area contributed by atoms with Crippen LogP contribution in [0.25, 0.3) is 0 Å². The van der Waals surface area contributed by atoms with Gasteiger partial charge in [-0.15, -0.1) is 0 Å². The van der Waals surface area contributed by atoms with Crippen molar-refractivity contribution in [1.82, 2.24) is 10.2 Å². The smallest absolute Gasteiger partial charge is 0.226 e. The molecule has 164 valence electrons. The number of carbonyl (C=O) groups excluding carboxylic acids is 1. The molecule has 1 fully saturated rings. The predicted octanol–water partition coefficient (Wildman–Crippen LogP) is 3.51. The molecule has 0 spiro atoms. The van der Waals surface area contributed by atoms with Crippen molar-refractivity contribution in [1.29, 1.82) is 0 Å². The first-order valence-corrected chi connectivity index (χ1v) is 11.5. The first-order chi connectivity index (χ1) is 15.2. The van der Waals surface area contributed by atoms with Gasteiger partial charge >= 0.3 is 0 Å². The first kappa shape index (κ1) is 21.4. The molecular formula is C25H33N5O. The monoisotopic (exact) mass is 419 g/mol. The van der Waals surface area contributed by atoms with Crippen molar-refractivity contribution < 1.29 is 4.79 Å². The topological polar surface area (TPSA) is 60.0 Å². The van der Waals surface area contributed by atoms with E-state index in [0.29, 0.717) is 6.42 Å². The minimum absolute atomic E-state index is 0.191. The lowest BCUT2D eigenvalue weighted by atomic mass is 10.0. The van der Waals surface area contributed by atoms with Gasteiger partial charge < -0.3 is 20.4 Å². The van der Waals surface area contributed by atoms with Gasteiger partial charge in [0.1, 0.15) is 0 Å². The first-order valence-electron chi connectivity index (χ1n) is 11.5. The lowest BCUT2D eigenvalue weighted by Crippen LogP contribution is -2.48. The van der Waals surface area contributed by atoms with E-state index in [1.54, 1.807) is 0 Å². The molecule has 2 aliphatic heterocycles. The van der Waals surface area contributed by atoms with E-state index in [1.807, 2.05) is 30.0 Å². The summed E-state index contributed by atoms with van der Waals surface area (Å²) in [6.45, 7) is 6.75. The van der Waals surface area contributed by atoms with Crippen molar-refractivity contribution in [3.05, 3.63) is 60.2 Å². The fourth-order valence-electron chi connectivity index (χ4n) is 4.41. The van der Waals surface area contributed by atoms with Gasteiger partial charge in [-0.1, -0.05) is 43.3 Å². The third kappa shape index (κ3) is 5.64. The number of hydrogen-bond acceptors (Lipinski definition) is 5. The summed E-state index contributed by atoms with van der Waals surface area (Å²) < 4.78 is 0. The largest absolute Gasteiger partial charge is 0.354 e. The van der Waals surface area contributed by atoms with Gasteiger partial charge in [0.15, 0.2) is 5.96 Å². The van der Waals surface area contributed by atoms with E-state index in [1.165, 1.54) is 5.56 Å². The van der Waals surface area contributed by atoms with Gasteiger partial charge in [0.2, 0.25) is 5.91 Å². The average Bonchev–Trinajstić information content (AvgIpc) is 3.32. The number of carbonyl (C=O) groups is 1. The summed E-state index contributed by atoms with van der Waals surface area (Å²) in [5.74, 6) is 0.994. The minimum atomic E-state index is 0.191. The molecule has 1 saturated heterocycles. The molecule has 31 heavy (non-hydrogen) atoms. The van der Waals surface area contributed by atoms with Crippen molar-refractivity contribution in [2.45, 2.75) is 38.6 Å². The molecule has 0 atom stereocenters. The SMILES string of the molecule is CCC(=O)N(c1cccc(NC2=NCCN2)c1)C1CCN(CCc2ccccc2)CC1. The van der Waals surface area contributed by atoms with Gasteiger partial charge in [0.25, 0.3) is 0 Å². The van der Waals surface area contributed by atoms with Gasteiger partial charge in [0, 0.05) is 50.0 Å². The van der Waals surface area contributed by atoms with Gasteiger partial charge in [-0.3, -0.25) is 9.79 Å². The zero-order valence-electron chi connectivity index (χ0n) is 18.4. The summed E-state index contributed by atoms with van der Waals surface area (Å²) in [6, 6.07) is 19.1. The molecule has 2 aromatic carbocycles. The molecule has 0 bridgehead atoms. The quantitative estimate of drug-likeness (QED) is 0.721. The Morgan fingerprint density at radius 3 is 2.68 bits per heavy atom. The summed E-state index contributed by atoms with van der Waals surface area (Å²) in [7, 11) is 0. The van der Waals surface area contributed by atoms with E-state index in [4.69, 9.17) is 0 Å². The molecule has 0 aliphatic carbocycles. The van der Waals surface area contributed by atoms with Crippen LogP contribution in [0.15, 0.2) is 59.6 Å². The number of likely N-dealkylation sites (tertiary alicyclic amines) is 1. The highest BCUT2D eigenvalue weighted by Crippen LogP contribution is 2.27. The second-order valence-corrected chi connectivity index (χ2v) is 8.26. The van der Waals surface area contributed by atoms with Crippen LogP contribution in [-0.4, -0.2) is 55.5 Å². The number of piperidine rings is 1. The summed E-state index contributed by atoms with van der Waals surface area (Å²) in [4.78, 5) is 21.9. The summed E-state index contributed by atoms with van der Waals surface area (Å²) in [6.07, 6.45) is 3.60. The van der Waals surface area contributed by atoms with E-state index < -0.39 is 0 Å². The highest BCUT2D eigenvalue weighted by atomic mass is 16.2. The highest BCUT2D eigenvalue weighted by Gasteiger charge is 2.28. The van der Waals surface area contributed by atoms with Crippen molar-refractivity contribution >= 4 is 23.2 Å². The molecule has 2 N–H and O–H groups in total. The Balaban J connectivity index is 1.39. The van der Waals surface area contributed by atoms with Crippen LogP contribution in [0.4, 0.5) is 11.4 Å². The van der Waals surface area contributed by atoms with Crippen molar-refractivity contribution in [2.24, 2.45) is 4.99 Å². The number of nitrogens with zero attached hydrogens (tertiary/aromatic N) is 3. The normalized spacial score (nSPS) is 17.1. The fraction of sp³-hybridized carbons (Fsp3) is 0.440. The van der Waals surface area contributed by atoms with Crippen LogP contribution in [0.2, 0.25) is 0 Å². The fourth-order valence-corrected chi connectivity index (χ4v) is 4.41. The molecule has 0 unspecified atom stereocenters. The Bertz CT molecular complexity index is 890. The standard InChI is InChI=1S/C25H33N5O/c1-2-24(31)30(23-10-6-9-21(19-23)28-25-26-14-15-27-25)22-12-17-29(18-13-22)16-11-20-7-4-3-5-8-20/h3-10,19,22H,2,11-18H2,1H3,(H2,26,27,28). The number of hydrogen-bond donors (Lipinski definition) is 2. The van der Waals surface area contributed by atoms with E-state index in [9.17, 15) is 4.79 Å². The molecule has 4 rings (SSSR count). The lowest BCUT2D eigenvalue weighted by molar-refractivity contribution is -0.119. The maximum Gasteiger partial charge on any atom is 0.226 e. The Morgan fingerprint density at radius 1 is 1.16 bits per heavy atom. The second kappa shape index (κ2) is 10.4. The van der Waals surface area contributed by atoms with E-state index in [0.717, 1.165) is 69.3 Å². The van der Waals surface area contributed by atoms with E-state index in [-0.39, 0.29) is 11.9 Å². The van der Waals surface area contributed by atoms with Gasteiger partial charge in [-0.25, -0.2) is 0 Å². The molecule has 6 nitrogen and oxygen atoms in total. The van der Waals surface area contributed by atoms with Gasteiger partial charge in [-0.2, -0.15) is 0 Å². The van der Waals surface area contributed by atoms with Crippen LogP contribution >= 0.6 is 0 Å². The number of aliphatic imine (C=N–C) groups is 1. The average molecular weight is 420 g/mol. The highest BCUT2D eigenvalue weighted by molar-refractivity contribution is 5.97. The molecule has 1 amide bonds. The van der Waals surface area contributed by atoms with Crippen molar-refractivity contribution in [3.8, 4) is 0 Å². The molecule has 6 heteroatoms. The predicted molar refractivity (Wildman–Crippen MR) is 128 cm³/mol. The number of benzene rings is 2. The zero-order valence-corrected chi connectivity index (χ0v) is 18.4. The number of rotatable bonds is 7. The number of amides is 1. The van der Waals surface area contributed by atoms with Crippen LogP contribution in [0, 0.1) is 0 Å². The van der Waals surface area contributed by atoms with E-state index >= 15 is 0 Å². The maximum atomic E-state index is 12.9. The summed E-state index contributed by atoms with van der Waals surface area (Å²) >= 11 is 0. The van der Waals surface area contributed by atoms with Crippen LogP contribution < -0.4 is 15.5 Å². The zero-order chi connectivity index (χ0) is 21.5. The molecular weight excluding hydrogens is 386 g/mol. The Kier molecular flexibility index (Phi) is 7.20. The van der Waals surface area contributed by atoms with Gasteiger partial charge in [0.05, 0.1) is 6.54 Å². The van der Waals surface area contributed by atoms with Crippen LogP contribution in [0.3, 0.4) is 0 Å². The van der Waals surface area contributed by atoms with Crippen molar-refractivity contribution in [3.63, 3.8) is 0 Å². The second-order valence-electron chi connectivity index (χ2n) is 8.26. The molecule has 2 heterocycles. The van der Waals surface area contributed by atoms with Crippen LogP contribution in [0.5, 0.6) is 0 Å². The number of nitrogens with one attached hydrogen (secondary N) is 2. The molecule has 2 aliphatic rings. The Morgan fingerprint density at radius 2 is 1.97 bits per heavy atom. The molecule has 0 saturated carbocycles. The molecule has 0 aromatic heterocycles. The number of guanidine groups is 1. The maximum absolute atomic E-state index is 12.9. The van der Waals surface area contributed by atoms with Crippen LogP contribution in [-0.2, 0) is 11.2 Å².